The summed E-state index contributed by atoms with van der Waals surface area (Å²) in [6, 6.07) is 9.72. The molecule has 6 nitrogen and oxygen atoms in total. The molecule has 1 aromatic carbocycles. The number of ether oxygens (including phenoxy) is 4. The lowest BCUT2D eigenvalue weighted by atomic mass is 9.99. The Morgan fingerprint density at radius 2 is 1.82 bits per heavy atom. The Balaban J connectivity index is 1.56. The molecule has 6 heteroatoms. The van der Waals surface area contributed by atoms with Gasteiger partial charge in [-0.3, -0.25) is 0 Å². The van der Waals surface area contributed by atoms with Crippen molar-refractivity contribution in [2.45, 2.75) is 56.9 Å². The quantitative estimate of drug-likeness (QED) is 0.857. The molecule has 0 unspecified atom stereocenters. The normalized spacial score (nSPS) is 37.0. The Morgan fingerprint density at radius 1 is 1.09 bits per heavy atom. The van der Waals surface area contributed by atoms with Crippen molar-refractivity contribution in [3.8, 4) is 0 Å². The number of hydrogen-bond acceptors (Lipinski definition) is 6. The van der Waals surface area contributed by atoms with Crippen LogP contribution in [-0.2, 0) is 25.6 Å². The molecule has 5 atom stereocenters. The second-order valence-electron chi connectivity index (χ2n) is 6.12. The highest BCUT2D eigenvalue weighted by molar-refractivity contribution is 5.13. The van der Waals surface area contributed by atoms with Crippen molar-refractivity contribution in [3.05, 3.63) is 35.9 Å². The van der Waals surface area contributed by atoms with Gasteiger partial charge in [0.1, 0.15) is 24.4 Å². The summed E-state index contributed by atoms with van der Waals surface area (Å²) in [5.74, 6) is -0.837. The molecule has 0 radical (unpaired) electrons. The average Bonchev–Trinajstić information content (AvgIpc) is 2.80. The van der Waals surface area contributed by atoms with Crippen LogP contribution in [0.2, 0.25) is 0 Å². The third-order valence-corrected chi connectivity index (χ3v) is 3.86. The minimum absolute atomic E-state index is 0.167. The van der Waals surface area contributed by atoms with Crippen LogP contribution in [0.3, 0.4) is 0 Å². The first-order chi connectivity index (χ1) is 10.5. The van der Waals surface area contributed by atoms with E-state index in [4.69, 9.17) is 18.9 Å². The molecule has 0 saturated carbocycles. The Bertz CT molecular complexity index is 491. The van der Waals surface area contributed by atoms with Crippen LogP contribution in [0.5, 0.6) is 0 Å². The van der Waals surface area contributed by atoms with Crippen LogP contribution in [0, 0.1) is 0 Å². The molecule has 1 aromatic rings. The molecule has 2 aliphatic rings. The van der Waals surface area contributed by atoms with Gasteiger partial charge in [-0.1, -0.05) is 30.3 Å². The lowest BCUT2D eigenvalue weighted by Crippen LogP contribution is -2.57. The van der Waals surface area contributed by atoms with Gasteiger partial charge >= 0.3 is 0 Å². The molecule has 0 aromatic heterocycles. The van der Waals surface area contributed by atoms with Crippen molar-refractivity contribution in [3.63, 3.8) is 0 Å². The third kappa shape index (κ3) is 3.32. The highest BCUT2D eigenvalue weighted by atomic mass is 16.8. The smallest absolute Gasteiger partial charge is 0.190 e. The van der Waals surface area contributed by atoms with Crippen LogP contribution >= 0.6 is 0 Å². The molecular formula is C16H22O6. The summed E-state index contributed by atoms with van der Waals surface area (Å²) >= 11 is 0. The van der Waals surface area contributed by atoms with Crippen molar-refractivity contribution in [1.29, 1.82) is 0 Å². The first kappa shape index (κ1) is 15.9. The van der Waals surface area contributed by atoms with E-state index >= 15 is 0 Å². The lowest BCUT2D eigenvalue weighted by Gasteiger charge is -2.37. The number of hydrogen-bond donors (Lipinski definition) is 2. The number of aliphatic hydroxyl groups excluding tert-OH is 2. The Labute approximate surface area is 129 Å². The Morgan fingerprint density at radius 3 is 2.55 bits per heavy atom. The third-order valence-electron chi connectivity index (χ3n) is 3.86. The number of aliphatic hydroxyl groups is 2. The molecule has 0 bridgehead atoms. The van der Waals surface area contributed by atoms with Crippen LogP contribution in [0.15, 0.2) is 30.3 Å². The minimum atomic E-state index is -1.07. The van der Waals surface area contributed by atoms with Gasteiger partial charge in [0.15, 0.2) is 12.1 Å². The molecule has 0 aliphatic carbocycles. The molecular weight excluding hydrogens is 288 g/mol. The largest absolute Gasteiger partial charge is 0.387 e. The van der Waals surface area contributed by atoms with Crippen LogP contribution in [-0.4, -0.2) is 53.3 Å². The van der Waals surface area contributed by atoms with E-state index in [-0.39, 0.29) is 6.61 Å². The molecule has 2 heterocycles. The highest BCUT2D eigenvalue weighted by Crippen LogP contribution is 2.36. The SMILES string of the molecule is CC1(C)O[C@@H]2O[C@H](COCc3ccccc3)[C@@H](O)[C@H](O)[C@@H]2O1. The number of fused-ring (bicyclic) bond motifs is 1. The van der Waals surface area contributed by atoms with E-state index in [1.165, 1.54) is 0 Å². The van der Waals surface area contributed by atoms with Gasteiger partial charge in [0.2, 0.25) is 0 Å². The molecule has 2 saturated heterocycles. The van der Waals surface area contributed by atoms with Crippen molar-refractivity contribution < 1.29 is 29.2 Å². The van der Waals surface area contributed by atoms with E-state index in [9.17, 15) is 10.2 Å². The van der Waals surface area contributed by atoms with Gasteiger partial charge in [-0.2, -0.15) is 0 Å². The maximum atomic E-state index is 10.2. The van der Waals surface area contributed by atoms with E-state index < -0.39 is 36.5 Å². The summed E-state index contributed by atoms with van der Waals surface area (Å²) in [4.78, 5) is 0. The first-order valence-corrected chi connectivity index (χ1v) is 7.45. The molecule has 3 rings (SSSR count). The average molecular weight is 310 g/mol. The Hall–Kier alpha value is -1.02. The molecule has 22 heavy (non-hydrogen) atoms. The number of rotatable bonds is 4. The number of benzene rings is 1. The topological polar surface area (TPSA) is 77.4 Å². The summed E-state index contributed by atoms with van der Waals surface area (Å²) in [5.41, 5.74) is 1.04. The molecule has 0 amide bonds. The van der Waals surface area contributed by atoms with E-state index in [1.54, 1.807) is 13.8 Å². The monoisotopic (exact) mass is 310 g/mol. The molecule has 2 fully saturated rings. The van der Waals surface area contributed by atoms with Crippen LogP contribution in [0.4, 0.5) is 0 Å². The van der Waals surface area contributed by atoms with Gasteiger partial charge in [-0.25, -0.2) is 0 Å². The summed E-state index contributed by atoms with van der Waals surface area (Å²) in [6.07, 6.45) is -4.17. The van der Waals surface area contributed by atoms with Crippen molar-refractivity contribution in [2.75, 3.05) is 6.61 Å². The van der Waals surface area contributed by atoms with E-state index in [0.29, 0.717) is 6.61 Å². The molecule has 0 spiro atoms. The molecule has 2 aliphatic heterocycles. The fourth-order valence-electron chi connectivity index (χ4n) is 2.77. The predicted octanol–water partition coefficient (Wildman–Crippen LogP) is 0.801. The minimum Gasteiger partial charge on any atom is -0.387 e. The molecule has 2 N–H and O–H groups in total. The summed E-state index contributed by atoms with van der Waals surface area (Å²) in [6.45, 7) is 4.07. The van der Waals surface area contributed by atoms with Gasteiger partial charge in [0, 0.05) is 0 Å². The van der Waals surface area contributed by atoms with E-state index in [1.807, 2.05) is 30.3 Å². The van der Waals surface area contributed by atoms with Gasteiger partial charge < -0.3 is 29.2 Å². The zero-order chi connectivity index (χ0) is 15.7. The summed E-state index contributed by atoms with van der Waals surface area (Å²) < 4.78 is 22.4. The zero-order valence-corrected chi connectivity index (χ0v) is 12.7. The Kier molecular flexibility index (Phi) is 4.49. The van der Waals surface area contributed by atoms with E-state index in [0.717, 1.165) is 5.56 Å². The summed E-state index contributed by atoms with van der Waals surface area (Å²) in [7, 11) is 0. The zero-order valence-electron chi connectivity index (χ0n) is 12.7. The standard InChI is InChI=1S/C16H22O6/c1-16(2)21-14-13(18)12(17)11(20-15(14)22-16)9-19-8-10-6-4-3-5-7-10/h3-7,11-15,17-18H,8-9H2,1-2H3/t11-,12-,13+,14+,15+/m1/s1. The first-order valence-electron chi connectivity index (χ1n) is 7.45. The lowest BCUT2D eigenvalue weighted by molar-refractivity contribution is -0.260. The van der Waals surface area contributed by atoms with Crippen molar-refractivity contribution in [2.24, 2.45) is 0 Å². The van der Waals surface area contributed by atoms with Crippen LogP contribution < -0.4 is 0 Å². The van der Waals surface area contributed by atoms with Gasteiger partial charge in [-0.05, 0) is 19.4 Å². The second-order valence-corrected chi connectivity index (χ2v) is 6.12. The fraction of sp³-hybridized carbons (Fsp3) is 0.625. The van der Waals surface area contributed by atoms with Gasteiger partial charge in [0.05, 0.1) is 13.2 Å². The maximum Gasteiger partial charge on any atom is 0.190 e. The van der Waals surface area contributed by atoms with E-state index in [2.05, 4.69) is 0 Å². The van der Waals surface area contributed by atoms with Gasteiger partial charge in [-0.15, -0.1) is 0 Å². The fourth-order valence-corrected chi connectivity index (χ4v) is 2.77. The van der Waals surface area contributed by atoms with Crippen molar-refractivity contribution in [1.82, 2.24) is 0 Å². The predicted molar refractivity (Wildman–Crippen MR) is 76.8 cm³/mol. The summed E-state index contributed by atoms with van der Waals surface area (Å²) in [5, 5.41) is 20.3. The maximum absolute atomic E-state index is 10.2. The van der Waals surface area contributed by atoms with Crippen molar-refractivity contribution >= 4 is 0 Å². The second kappa shape index (κ2) is 6.23. The molecule has 122 valence electrons. The van der Waals surface area contributed by atoms with Crippen LogP contribution in [0.1, 0.15) is 19.4 Å². The van der Waals surface area contributed by atoms with Gasteiger partial charge in [0.25, 0.3) is 0 Å². The van der Waals surface area contributed by atoms with Crippen LogP contribution in [0.25, 0.3) is 0 Å². The highest BCUT2D eigenvalue weighted by Gasteiger charge is 2.53.